The van der Waals surface area contributed by atoms with Crippen LogP contribution in [-0.2, 0) is 17.8 Å². The van der Waals surface area contributed by atoms with E-state index < -0.39 is 6.36 Å². The van der Waals surface area contributed by atoms with Crippen molar-refractivity contribution in [3.63, 3.8) is 0 Å². The Kier molecular flexibility index (Phi) is 6.99. The molecule has 1 aliphatic heterocycles. The first-order valence-corrected chi connectivity index (χ1v) is 9.48. The summed E-state index contributed by atoms with van der Waals surface area (Å²) in [6, 6.07) is 9.46. The number of anilines is 1. The van der Waals surface area contributed by atoms with Crippen molar-refractivity contribution < 1.29 is 22.6 Å². The third kappa shape index (κ3) is 6.80. The van der Waals surface area contributed by atoms with Crippen molar-refractivity contribution in [3.8, 4) is 5.75 Å². The molecule has 1 atom stereocenters. The molecule has 7 nitrogen and oxygen atoms in total. The summed E-state index contributed by atoms with van der Waals surface area (Å²) in [6.45, 7) is 5.04. The van der Waals surface area contributed by atoms with Crippen LogP contribution in [0.4, 0.5) is 19.0 Å². The number of nitrogens with two attached hydrogens (primary N) is 1. The average molecular weight is 423 g/mol. The van der Waals surface area contributed by atoms with E-state index in [2.05, 4.69) is 24.9 Å². The number of aromatic nitrogens is 1. The molecule has 0 amide bonds. The van der Waals surface area contributed by atoms with Crippen LogP contribution >= 0.6 is 0 Å². The average Bonchev–Trinajstić information content (AvgIpc) is 2.71. The summed E-state index contributed by atoms with van der Waals surface area (Å²) in [5.74, 6) is 0.869. The molecule has 0 aliphatic carbocycles. The zero-order valence-corrected chi connectivity index (χ0v) is 16.5. The van der Waals surface area contributed by atoms with Crippen LogP contribution in [0.25, 0.3) is 0 Å². The van der Waals surface area contributed by atoms with E-state index in [1.54, 1.807) is 6.20 Å². The van der Waals surface area contributed by atoms with Crippen molar-refractivity contribution in [2.45, 2.75) is 32.5 Å². The van der Waals surface area contributed by atoms with E-state index in [1.807, 2.05) is 19.1 Å². The smallest absolute Gasteiger partial charge is 0.406 e. The summed E-state index contributed by atoms with van der Waals surface area (Å²) in [7, 11) is 0. The highest BCUT2D eigenvalue weighted by atomic mass is 19.4. The highest BCUT2D eigenvalue weighted by Crippen LogP contribution is 2.22. The zero-order valence-electron chi connectivity index (χ0n) is 16.5. The van der Waals surface area contributed by atoms with Gasteiger partial charge in [0.15, 0.2) is 5.96 Å². The topological polar surface area (TPSA) is 85.0 Å². The number of guanidine groups is 1. The zero-order chi connectivity index (χ0) is 21.6. The van der Waals surface area contributed by atoms with Crippen molar-refractivity contribution in [2.75, 3.05) is 24.6 Å². The number of hydrogen-bond acceptors (Lipinski definition) is 5. The lowest BCUT2D eigenvalue weighted by atomic mass is 10.2. The van der Waals surface area contributed by atoms with Crippen LogP contribution in [0.5, 0.6) is 5.75 Å². The first-order valence-electron chi connectivity index (χ1n) is 9.48. The van der Waals surface area contributed by atoms with E-state index in [9.17, 15) is 13.2 Å². The Morgan fingerprint density at radius 2 is 2.00 bits per heavy atom. The molecule has 162 valence electrons. The maximum Gasteiger partial charge on any atom is 0.573 e. The van der Waals surface area contributed by atoms with Gasteiger partial charge in [-0.25, -0.2) is 9.98 Å². The fraction of sp³-hybridized carbons (Fsp3) is 0.400. The normalized spacial score (nSPS) is 17.7. The maximum absolute atomic E-state index is 12.2. The van der Waals surface area contributed by atoms with E-state index in [0.29, 0.717) is 19.7 Å². The van der Waals surface area contributed by atoms with Crippen molar-refractivity contribution in [3.05, 3.63) is 53.7 Å². The van der Waals surface area contributed by atoms with Gasteiger partial charge < -0.3 is 25.4 Å². The number of nitrogens with one attached hydrogen (secondary N) is 1. The number of alkyl halides is 3. The van der Waals surface area contributed by atoms with Crippen LogP contribution in [0.3, 0.4) is 0 Å². The molecule has 0 saturated carbocycles. The summed E-state index contributed by atoms with van der Waals surface area (Å²) in [4.78, 5) is 10.9. The molecule has 0 spiro atoms. The fourth-order valence-corrected chi connectivity index (χ4v) is 2.96. The fourth-order valence-electron chi connectivity index (χ4n) is 2.96. The molecule has 0 bridgehead atoms. The number of ether oxygens (including phenoxy) is 2. The predicted octanol–water partition coefficient (Wildman–Crippen LogP) is 2.81. The molecular weight excluding hydrogens is 399 g/mol. The van der Waals surface area contributed by atoms with Gasteiger partial charge in [0, 0.05) is 25.8 Å². The Labute approximate surface area is 172 Å². The van der Waals surface area contributed by atoms with Gasteiger partial charge >= 0.3 is 6.36 Å². The molecule has 3 rings (SSSR count). The lowest BCUT2D eigenvalue weighted by Gasteiger charge is -2.32. The molecule has 1 aliphatic rings. The molecule has 1 aromatic heterocycles. The van der Waals surface area contributed by atoms with E-state index in [0.717, 1.165) is 30.0 Å². The minimum absolute atomic E-state index is 0.184. The second kappa shape index (κ2) is 9.66. The summed E-state index contributed by atoms with van der Waals surface area (Å²) in [6.07, 6.45) is -2.75. The molecule has 2 aromatic rings. The second-order valence-corrected chi connectivity index (χ2v) is 6.90. The quantitative estimate of drug-likeness (QED) is 0.549. The van der Waals surface area contributed by atoms with Crippen LogP contribution in [0.2, 0.25) is 0 Å². The van der Waals surface area contributed by atoms with E-state index in [4.69, 9.17) is 10.5 Å². The Balaban J connectivity index is 1.47. The van der Waals surface area contributed by atoms with Crippen molar-refractivity contribution >= 4 is 11.8 Å². The number of aliphatic imine (C=N–C) groups is 1. The minimum Gasteiger partial charge on any atom is -0.406 e. The van der Waals surface area contributed by atoms with Gasteiger partial charge in [-0.1, -0.05) is 18.2 Å². The van der Waals surface area contributed by atoms with Crippen LogP contribution in [0.15, 0.2) is 47.6 Å². The minimum atomic E-state index is -4.70. The number of morpholine rings is 1. The van der Waals surface area contributed by atoms with Gasteiger partial charge in [0.05, 0.1) is 19.3 Å². The SMILES string of the molecule is CC1CN(c2ccc(CN=C(N)NCc3ccc(OC(F)(F)F)cc3)cn2)CCO1. The lowest BCUT2D eigenvalue weighted by molar-refractivity contribution is -0.274. The Hall–Kier alpha value is -3.01. The van der Waals surface area contributed by atoms with E-state index >= 15 is 0 Å². The summed E-state index contributed by atoms with van der Waals surface area (Å²) in [5.41, 5.74) is 7.53. The molecule has 1 aromatic carbocycles. The van der Waals surface area contributed by atoms with Gasteiger partial charge in [-0.15, -0.1) is 13.2 Å². The third-order valence-corrected chi connectivity index (χ3v) is 4.44. The van der Waals surface area contributed by atoms with Gasteiger partial charge in [0.2, 0.25) is 0 Å². The molecule has 1 unspecified atom stereocenters. The first kappa shape index (κ1) is 21.7. The summed E-state index contributed by atoms with van der Waals surface area (Å²) < 4.78 is 45.9. The third-order valence-electron chi connectivity index (χ3n) is 4.44. The Morgan fingerprint density at radius 1 is 1.27 bits per heavy atom. The van der Waals surface area contributed by atoms with E-state index in [1.165, 1.54) is 24.3 Å². The standard InChI is InChI=1S/C20H24F3N5O2/c1-14-13-28(8-9-29-14)18-7-4-16(11-25-18)12-27-19(24)26-10-15-2-5-17(6-3-15)30-20(21,22)23/h2-7,11,14H,8-10,12-13H2,1H3,(H3,24,26,27). The number of pyridine rings is 1. The molecule has 1 saturated heterocycles. The molecule has 3 N–H and O–H groups in total. The van der Waals surface area contributed by atoms with E-state index in [-0.39, 0.29) is 17.8 Å². The molecule has 10 heteroatoms. The number of rotatable bonds is 6. The Morgan fingerprint density at radius 3 is 2.63 bits per heavy atom. The molecule has 0 radical (unpaired) electrons. The van der Waals surface area contributed by atoms with Crippen LogP contribution < -0.4 is 20.7 Å². The maximum atomic E-state index is 12.2. The highest BCUT2D eigenvalue weighted by molar-refractivity contribution is 5.77. The molecular formula is C20H24F3N5O2. The summed E-state index contributed by atoms with van der Waals surface area (Å²) >= 11 is 0. The van der Waals surface area contributed by atoms with Gasteiger partial charge in [-0.3, -0.25) is 0 Å². The van der Waals surface area contributed by atoms with Crippen LogP contribution in [0, 0.1) is 0 Å². The summed E-state index contributed by atoms with van der Waals surface area (Å²) in [5, 5.41) is 2.93. The van der Waals surface area contributed by atoms with Gasteiger partial charge in [0.1, 0.15) is 11.6 Å². The van der Waals surface area contributed by atoms with Gasteiger partial charge in [-0.05, 0) is 36.2 Å². The number of nitrogens with zero attached hydrogens (tertiary/aromatic N) is 3. The largest absolute Gasteiger partial charge is 0.573 e. The first-order chi connectivity index (χ1) is 14.3. The molecule has 30 heavy (non-hydrogen) atoms. The van der Waals surface area contributed by atoms with Crippen LogP contribution in [0.1, 0.15) is 18.1 Å². The van der Waals surface area contributed by atoms with Crippen molar-refractivity contribution in [1.29, 1.82) is 0 Å². The molecule has 1 fully saturated rings. The van der Waals surface area contributed by atoms with Crippen molar-refractivity contribution in [1.82, 2.24) is 10.3 Å². The van der Waals surface area contributed by atoms with Crippen LogP contribution in [-0.4, -0.2) is 43.1 Å². The highest BCUT2D eigenvalue weighted by Gasteiger charge is 2.30. The van der Waals surface area contributed by atoms with Gasteiger partial charge in [-0.2, -0.15) is 0 Å². The second-order valence-electron chi connectivity index (χ2n) is 6.90. The monoisotopic (exact) mass is 423 g/mol. The van der Waals surface area contributed by atoms with Crippen molar-refractivity contribution in [2.24, 2.45) is 10.7 Å². The Bertz CT molecular complexity index is 841. The predicted molar refractivity (Wildman–Crippen MR) is 107 cm³/mol. The lowest BCUT2D eigenvalue weighted by Crippen LogP contribution is -2.41. The number of benzene rings is 1. The number of halogens is 3. The van der Waals surface area contributed by atoms with Gasteiger partial charge in [0.25, 0.3) is 0 Å². The number of hydrogen-bond donors (Lipinski definition) is 2. The molecule has 2 heterocycles.